The van der Waals surface area contributed by atoms with Crippen LogP contribution in [0.15, 0.2) is 68.5 Å². The van der Waals surface area contributed by atoms with Crippen LogP contribution in [0.4, 0.5) is 10.1 Å². The summed E-state index contributed by atoms with van der Waals surface area (Å²) in [6.07, 6.45) is 2.09. The molecule has 1 fully saturated rings. The van der Waals surface area contributed by atoms with Gasteiger partial charge in [-0.25, -0.2) is 13.4 Å². The molecule has 2 N–H and O–H groups in total. The van der Waals surface area contributed by atoms with Crippen LogP contribution in [0.1, 0.15) is 35.9 Å². The van der Waals surface area contributed by atoms with Crippen LogP contribution in [0, 0.1) is 12.9 Å². The van der Waals surface area contributed by atoms with Gasteiger partial charge >= 0.3 is 0 Å². The van der Waals surface area contributed by atoms with Gasteiger partial charge in [-0.1, -0.05) is 34.6 Å². The zero-order chi connectivity index (χ0) is 29.9. The average Bonchev–Trinajstić information content (AvgIpc) is 3.52. The predicted octanol–water partition coefficient (Wildman–Crippen LogP) is 3.82. The highest BCUT2D eigenvalue weighted by Crippen LogP contribution is 2.40. The number of halogens is 1. The van der Waals surface area contributed by atoms with E-state index in [-0.39, 0.29) is 28.8 Å². The second-order valence-corrected chi connectivity index (χ2v) is 12.6. The lowest BCUT2D eigenvalue weighted by Crippen LogP contribution is -2.45. The molecular formula is C29H24FN7O5S. The standard InChI is InChI=1S/C29H24FN7O5S/c1-15-20(9-11-24(30)32-15)28-34-26(36-42-28)19-8-10-23-22(12-19)37(29(38)21(31)14-43(23,39)40)13-16-2-4-17(5-3-16)25-33-27(41-35-25)18-6-7-18/h2-5,8-12,18,21H,6-7,13-14,31H2,1H3/t21-/m0/s1. The van der Waals surface area contributed by atoms with Crippen LogP contribution in [-0.2, 0) is 21.2 Å². The van der Waals surface area contributed by atoms with E-state index >= 15 is 0 Å². The molecule has 0 spiro atoms. The molecule has 218 valence electrons. The third kappa shape index (κ3) is 5.08. The maximum Gasteiger partial charge on any atom is 0.260 e. The molecule has 5 aromatic rings. The second kappa shape index (κ2) is 10.2. The van der Waals surface area contributed by atoms with Gasteiger partial charge in [0.1, 0.15) is 0 Å². The van der Waals surface area contributed by atoms with Gasteiger partial charge in [0.05, 0.1) is 40.2 Å². The molecule has 43 heavy (non-hydrogen) atoms. The van der Waals surface area contributed by atoms with E-state index < -0.39 is 33.5 Å². The predicted molar refractivity (Wildman–Crippen MR) is 151 cm³/mol. The van der Waals surface area contributed by atoms with Gasteiger partial charge in [-0.05, 0) is 55.7 Å². The number of carbonyl (C=O) groups is 1. The highest BCUT2D eigenvalue weighted by Gasteiger charge is 2.36. The topological polar surface area (TPSA) is 171 Å². The van der Waals surface area contributed by atoms with Crippen LogP contribution < -0.4 is 10.6 Å². The lowest BCUT2D eigenvalue weighted by molar-refractivity contribution is -0.119. The Balaban J connectivity index is 1.23. The molecule has 1 atom stereocenters. The normalized spacial score (nSPS) is 18.0. The number of benzene rings is 2. The third-order valence-electron chi connectivity index (χ3n) is 7.45. The number of fused-ring (bicyclic) bond motifs is 1. The van der Waals surface area contributed by atoms with Crippen LogP contribution in [0.25, 0.3) is 34.2 Å². The number of nitrogens with zero attached hydrogens (tertiary/aromatic N) is 6. The number of anilines is 1. The average molecular weight is 602 g/mol. The van der Waals surface area contributed by atoms with Crippen molar-refractivity contribution in [1.82, 2.24) is 25.3 Å². The molecule has 2 aliphatic rings. The summed E-state index contributed by atoms with van der Waals surface area (Å²) in [5.74, 6) is 0.00325. The molecule has 12 nitrogen and oxygen atoms in total. The molecule has 14 heteroatoms. The largest absolute Gasteiger partial charge is 0.339 e. The Labute approximate surface area is 244 Å². The molecular weight excluding hydrogens is 577 g/mol. The number of nitrogens with two attached hydrogens (primary N) is 1. The molecule has 3 aromatic heterocycles. The number of hydrogen-bond acceptors (Lipinski definition) is 11. The van der Waals surface area contributed by atoms with Gasteiger partial charge < -0.3 is 19.7 Å². The molecule has 1 aliphatic carbocycles. The van der Waals surface area contributed by atoms with Crippen molar-refractivity contribution in [2.45, 2.75) is 43.2 Å². The fourth-order valence-electron chi connectivity index (χ4n) is 5.01. The quantitative estimate of drug-likeness (QED) is 0.281. The first-order valence-corrected chi connectivity index (χ1v) is 15.2. The molecule has 0 saturated heterocycles. The summed E-state index contributed by atoms with van der Waals surface area (Å²) in [5, 5.41) is 8.10. The Kier molecular flexibility index (Phi) is 6.39. The Morgan fingerprint density at radius 2 is 1.67 bits per heavy atom. The lowest BCUT2D eigenvalue weighted by Gasteiger charge is -2.24. The van der Waals surface area contributed by atoms with Gasteiger partial charge in [0.2, 0.25) is 29.4 Å². The Morgan fingerprint density at radius 3 is 2.42 bits per heavy atom. The smallest absolute Gasteiger partial charge is 0.260 e. The van der Waals surface area contributed by atoms with Crippen LogP contribution in [-0.4, -0.2) is 51.4 Å². The second-order valence-electron chi connectivity index (χ2n) is 10.6. The number of rotatable bonds is 6. The lowest BCUT2D eigenvalue weighted by atomic mass is 10.1. The third-order valence-corrected chi connectivity index (χ3v) is 9.27. The Bertz CT molecular complexity index is 1990. The van der Waals surface area contributed by atoms with Crippen LogP contribution in [0.5, 0.6) is 0 Å². The summed E-state index contributed by atoms with van der Waals surface area (Å²) in [7, 11) is -3.90. The van der Waals surface area contributed by atoms with Crippen molar-refractivity contribution < 1.29 is 26.6 Å². The molecule has 1 aliphatic heterocycles. The van der Waals surface area contributed by atoms with E-state index in [0.717, 1.165) is 24.0 Å². The van der Waals surface area contributed by atoms with Crippen molar-refractivity contribution in [2.24, 2.45) is 5.73 Å². The fourth-order valence-corrected chi connectivity index (χ4v) is 6.56. The molecule has 1 amide bonds. The summed E-state index contributed by atoms with van der Waals surface area (Å²) in [6, 6.07) is 13.2. The van der Waals surface area contributed by atoms with E-state index in [2.05, 4.69) is 25.3 Å². The molecule has 4 heterocycles. The number of sulfone groups is 1. The molecule has 7 rings (SSSR count). The zero-order valence-electron chi connectivity index (χ0n) is 22.8. The van der Waals surface area contributed by atoms with Crippen molar-refractivity contribution >= 4 is 21.4 Å². The number of carbonyl (C=O) groups excluding carboxylic acids is 1. The minimum absolute atomic E-state index is 0.0316. The van der Waals surface area contributed by atoms with E-state index in [4.69, 9.17) is 14.8 Å². The van der Waals surface area contributed by atoms with Gasteiger partial charge in [0.15, 0.2) is 9.84 Å². The number of hydrogen-bond donors (Lipinski definition) is 1. The van der Waals surface area contributed by atoms with E-state index in [1.807, 2.05) is 24.3 Å². The van der Waals surface area contributed by atoms with E-state index in [0.29, 0.717) is 34.5 Å². The SMILES string of the molecule is Cc1nc(F)ccc1-c1nc(-c2ccc3c(c2)N(Cc2ccc(-c4noc(C5CC5)n4)cc2)C(=O)[C@@H](N)CS3(=O)=O)no1. The molecule has 0 bridgehead atoms. The summed E-state index contributed by atoms with van der Waals surface area (Å²) < 4.78 is 50.7. The van der Waals surface area contributed by atoms with Crippen molar-refractivity contribution in [3.63, 3.8) is 0 Å². The highest BCUT2D eigenvalue weighted by molar-refractivity contribution is 7.91. The van der Waals surface area contributed by atoms with Crippen LogP contribution in [0.3, 0.4) is 0 Å². The van der Waals surface area contributed by atoms with Crippen LogP contribution in [0.2, 0.25) is 0 Å². The van der Waals surface area contributed by atoms with Crippen molar-refractivity contribution in [3.8, 4) is 34.2 Å². The van der Waals surface area contributed by atoms with Gasteiger partial charge in [0.25, 0.3) is 5.89 Å². The summed E-state index contributed by atoms with van der Waals surface area (Å²) in [4.78, 5) is 27.5. The first-order chi connectivity index (χ1) is 20.7. The van der Waals surface area contributed by atoms with E-state index in [9.17, 15) is 17.6 Å². The summed E-state index contributed by atoms with van der Waals surface area (Å²) >= 11 is 0. The monoisotopic (exact) mass is 601 g/mol. The van der Waals surface area contributed by atoms with Gasteiger partial charge in [-0.15, -0.1) is 0 Å². The zero-order valence-corrected chi connectivity index (χ0v) is 23.6. The first kappa shape index (κ1) is 27.0. The molecule has 0 radical (unpaired) electrons. The van der Waals surface area contributed by atoms with Crippen molar-refractivity contribution in [3.05, 3.63) is 77.7 Å². The van der Waals surface area contributed by atoms with Gasteiger partial charge in [-0.2, -0.15) is 14.4 Å². The number of pyridine rings is 1. The minimum Gasteiger partial charge on any atom is -0.339 e. The molecule has 1 saturated carbocycles. The number of aryl methyl sites for hydroxylation is 1. The highest BCUT2D eigenvalue weighted by atomic mass is 32.2. The number of aromatic nitrogens is 5. The van der Waals surface area contributed by atoms with Crippen LogP contribution >= 0.6 is 0 Å². The molecule has 0 unspecified atom stereocenters. The minimum atomic E-state index is -3.90. The maximum atomic E-state index is 13.5. The van der Waals surface area contributed by atoms with Crippen molar-refractivity contribution in [1.29, 1.82) is 0 Å². The fraction of sp³-hybridized carbons (Fsp3) is 0.241. The Hall–Kier alpha value is -4.82. The maximum absolute atomic E-state index is 13.5. The van der Waals surface area contributed by atoms with Gasteiger partial charge in [0, 0.05) is 17.0 Å². The van der Waals surface area contributed by atoms with Gasteiger partial charge in [-0.3, -0.25) is 4.79 Å². The summed E-state index contributed by atoms with van der Waals surface area (Å²) in [6.45, 7) is 1.67. The van der Waals surface area contributed by atoms with Crippen molar-refractivity contribution in [2.75, 3.05) is 10.7 Å². The number of amides is 1. The van der Waals surface area contributed by atoms with E-state index in [1.165, 1.54) is 35.2 Å². The Morgan fingerprint density at radius 1 is 0.953 bits per heavy atom. The summed E-state index contributed by atoms with van der Waals surface area (Å²) in [5.41, 5.74) is 8.94. The van der Waals surface area contributed by atoms with E-state index in [1.54, 1.807) is 6.92 Å². The first-order valence-electron chi connectivity index (χ1n) is 13.5. The molecule has 2 aromatic carbocycles.